The molecule has 2 rings (SSSR count). The van der Waals surface area contributed by atoms with Crippen LogP contribution in [0.4, 0.5) is 0 Å². The first-order chi connectivity index (χ1) is 9.47. The first-order valence-corrected chi connectivity index (χ1v) is 8.19. The van der Waals surface area contributed by atoms with Gasteiger partial charge in [0.15, 0.2) is 0 Å². The number of hydrogen-bond donors (Lipinski definition) is 0. The summed E-state index contributed by atoms with van der Waals surface area (Å²) >= 11 is 11.9. The molecule has 0 aliphatic heterocycles. The van der Waals surface area contributed by atoms with E-state index in [4.69, 9.17) is 23.2 Å². The van der Waals surface area contributed by atoms with Crippen LogP contribution in [0.3, 0.4) is 0 Å². The fraction of sp³-hybridized carbons (Fsp3) is 0.588. The summed E-state index contributed by atoms with van der Waals surface area (Å²) < 4.78 is 0. The molecular formula is C17H22Cl2O. The number of Topliss-reactive ketones (excluding diaryl/α,β-unsaturated/α-hetero) is 1. The minimum atomic E-state index is 0.236. The molecule has 0 bridgehead atoms. The van der Waals surface area contributed by atoms with Crippen LogP contribution in [-0.4, -0.2) is 5.78 Å². The zero-order valence-corrected chi connectivity index (χ0v) is 13.7. The lowest BCUT2D eigenvalue weighted by Crippen LogP contribution is -2.25. The fourth-order valence-electron chi connectivity index (χ4n) is 3.10. The summed E-state index contributed by atoms with van der Waals surface area (Å²) in [5.41, 5.74) is 0.968. The van der Waals surface area contributed by atoms with Gasteiger partial charge in [0.2, 0.25) is 0 Å². The molecule has 1 aliphatic carbocycles. The third-order valence-corrected chi connectivity index (χ3v) is 5.27. The van der Waals surface area contributed by atoms with Crippen LogP contribution in [0.5, 0.6) is 0 Å². The molecule has 1 fully saturated rings. The van der Waals surface area contributed by atoms with Gasteiger partial charge < -0.3 is 0 Å². The minimum absolute atomic E-state index is 0.236. The van der Waals surface area contributed by atoms with E-state index >= 15 is 0 Å². The number of ketones is 1. The highest BCUT2D eigenvalue weighted by Crippen LogP contribution is 2.34. The van der Waals surface area contributed by atoms with Crippen molar-refractivity contribution < 1.29 is 4.79 Å². The van der Waals surface area contributed by atoms with Crippen molar-refractivity contribution in [2.45, 2.75) is 46.0 Å². The van der Waals surface area contributed by atoms with Crippen molar-refractivity contribution in [2.24, 2.45) is 17.8 Å². The van der Waals surface area contributed by atoms with E-state index in [-0.39, 0.29) is 5.92 Å². The minimum Gasteiger partial charge on any atom is -0.299 e. The molecule has 0 N–H and O–H groups in total. The Morgan fingerprint density at radius 2 is 1.80 bits per heavy atom. The predicted octanol–water partition coefficient (Wildman–Crippen LogP) is 5.57. The molecule has 1 saturated carbocycles. The van der Waals surface area contributed by atoms with Gasteiger partial charge >= 0.3 is 0 Å². The average Bonchev–Trinajstić information content (AvgIpc) is 2.43. The van der Waals surface area contributed by atoms with Gasteiger partial charge in [0.25, 0.3) is 0 Å². The molecular weight excluding hydrogens is 291 g/mol. The molecule has 1 nitrogen and oxygen atoms in total. The van der Waals surface area contributed by atoms with Crippen molar-refractivity contribution in [3.8, 4) is 0 Å². The van der Waals surface area contributed by atoms with Crippen molar-refractivity contribution >= 4 is 29.0 Å². The van der Waals surface area contributed by atoms with Crippen LogP contribution in [-0.2, 0) is 11.2 Å². The molecule has 110 valence electrons. The molecule has 0 atom stereocenters. The smallest absolute Gasteiger partial charge is 0.140 e. The molecule has 0 unspecified atom stereocenters. The van der Waals surface area contributed by atoms with E-state index in [0.717, 1.165) is 30.2 Å². The Hall–Kier alpha value is -0.530. The number of hydrogen-bond acceptors (Lipinski definition) is 1. The fourth-order valence-corrected chi connectivity index (χ4v) is 3.42. The molecule has 0 saturated heterocycles. The zero-order chi connectivity index (χ0) is 14.7. The Kier molecular flexibility index (Phi) is 5.51. The Balaban J connectivity index is 1.91. The second-order valence-electron chi connectivity index (χ2n) is 6.25. The van der Waals surface area contributed by atoms with Gasteiger partial charge in [-0.3, -0.25) is 4.79 Å². The van der Waals surface area contributed by atoms with E-state index < -0.39 is 0 Å². The Labute approximate surface area is 131 Å². The van der Waals surface area contributed by atoms with E-state index in [2.05, 4.69) is 13.8 Å². The third kappa shape index (κ3) is 3.99. The highest BCUT2D eigenvalue weighted by molar-refractivity contribution is 6.42. The van der Waals surface area contributed by atoms with Crippen molar-refractivity contribution in [1.29, 1.82) is 0 Å². The van der Waals surface area contributed by atoms with Crippen LogP contribution in [0.1, 0.15) is 45.1 Å². The zero-order valence-electron chi connectivity index (χ0n) is 12.2. The highest BCUT2D eigenvalue weighted by Gasteiger charge is 2.27. The van der Waals surface area contributed by atoms with Gasteiger partial charge in [-0.1, -0.05) is 43.1 Å². The van der Waals surface area contributed by atoms with Crippen LogP contribution in [0.15, 0.2) is 18.2 Å². The van der Waals surface area contributed by atoms with Gasteiger partial charge in [-0.05, 0) is 55.2 Å². The van der Waals surface area contributed by atoms with Crippen molar-refractivity contribution in [3.63, 3.8) is 0 Å². The van der Waals surface area contributed by atoms with Crippen LogP contribution in [0.2, 0.25) is 10.0 Å². The number of rotatable bonds is 4. The first kappa shape index (κ1) is 15.9. The van der Waals surface area contributed by atoms with E-state index in [1.54, 1.807) is 6.07 Å². The van der Waals surface area contributed by atoms with E-state index in [1.165, 1.54) is 12.8 Å². The maximum atomic E-state index is 12.4. The molecule has 20 heavy (non-hydrogen) atoms. The number of carbonyl (C=O) groups excluding carboxylic acids is 1. The molecule has 1 aromatic carbocycles. The molecule has 1 aromatic rings. The summed E-state index contributed by atoms with van der Waals surface area (Å²) in [7, 11) is 0. The summed E-state index contributed by atoms with van der Waals surface area (Å²) in [6, 6.07) is 5.47. The molecule has 0 radical (unpaired) electrons. The molecule has 1 aliphatic rings. The maximum absolute atomic E-state index is 12.4. The lowest BCUT2D eigenvalue weighted by atomic mass is 9.75. The summed E-state index contributed by atoms with van der Waals surface area (Å²) in [5, 5.41) is 1.07. The van der Waals surface area contributed by atoms with Gasteiger partial charge in [0.1, 0.15) is 5.78 Å². The van der Waals surface area contributed by atoms with Crippen molar-refractivity contribution in [2.75, 3.05) is 0 Å². The normalized spacial score (nSPS) is 23.1. The standard InChI is InChI=1S/C17H22Cl2O/c1-11(2)13-4-6-14(7-5-13)17(20)10-12-3-8-15(18)16(19)9-12/h3,8-9,11,13-14H,4-7,10H2,1-2H3. The molecule has 0 heterocycles. The Morgan fingerprint density at radius 3 is 2.35 bits per heavy atom. The van der Waals surface area contributed by atoms with Gasteiger partial charge in [0.05, 0.1) is 10.0 Å². The molecule has 3 heteroatoms. The van der Waals surface area contributed by atoms with Crippen LogP contribution < -0.4 is 0 Å². The van der Waals surface area contributed by atoms with Gasteiger partial charge in [-0.25, -0.2) is 0 Å². The Morgan fingerprint density at radius 1 is 1.15 bits per heavy atom. The van der Waals surface area contributed by atoms with Crippen LogP contribution in [0, 0.1) is 17.8 Å². The lowest BCUT2D eigenvalue weighted by molar-refractivity contribution is -0.123. The summed E-state index contributed by atoms with van der Waals surface area (Å²) in [4.78, 5) is 12.4. The number of carbonyl (C=O) groups is 1. The second-order valence-corrected chi connectivity index (χ2v) is 7.06. The van der Waals surface area contributed by atoms with Gasteiger partial charge in [0, 0.05) is 12.3 Å². The first-order valence-electron chi connectivity index (χ1n) is 7.44. The largest absolute Gasteiger partial charge is 0.299 e. The quantitative estimate of drug-likeness (QED) is 0.710. The van der Waals surface area contributed by atoms with Crippen LogP contribution >= 0.6 is 23.2 Å². The monoisotopic (exact) mass is 312 g/mol. The van der Waals surface area contributed by atoms with Gasteiger partial charge in [-0.15, -0.1) is 0 Å². The lowest BCUT2D eigenvalue weighted by Gasteiger charge is -2.30. The van der Waals surface area contributed by atoms with Crippen molar-refractivity contribution in [1.82, 2.24) is 0 Å². The predicted molar refractivity (Wildman–Crippen MR) is 85.5 cm³/mol. The highest BCUT2D eigenvalue weighted by atomic mass is 35.5. The van der Waals surface area contributed by atoms with Crippen molar-refractivity contribution in [3.05, 3.63) is 33.8 Å². The number of benzene rings is 1. The van der Waals surface area contributed by atoms with Gasteiger partial charge in [-0.2, -0.15) is 0 Å². The maximum Gasteiger partial charge on any atom is 0.140 e. The molecule has 0 spiro atoms. The Bertz CT molecular complexity index is 474. The molecule has 0 aromatic heterocycles. The average molecular weight is 313 g/mol. The summed E-state index contributed by atoms with van der Waals surface area (Å²) in [6.07, 6.45) is 4.95. The molecule has 0 amide bonds. The van der Waals surface area contributed by atoms with E-state index in [9.17, 15) is 4.79 Å². The SMILES string of the molecule is CC(C)C1CCC(C(=O)Cc2ccc(Cl)c(Cl)c2)CC1. The summed E-state index contributed by atoms with van der Waals surface area (Å²) in [5.74, 6) is 2.12. The van der Waals surface area contributed by atoms with E-state index in [1.807, 2.05) is 12.1 Å². The topological polar surface area (TPSA) is 17.1 Å². The number of halogens is 2. The summed E-state index contributed by atoms with van der Waals surface area (Å²) in [6.45, 7) is 4.56. The van der Waals surface area contributed by atoms with Crippen LogP contribution in [0.25, 0.3) is 0 Å². The van der Waals surface area contributed by atoms with E-state index in [0.29, 0.717) is 22.2 Å². The third-order valence-electron chi connectivity index (χ3n) is 4.53. The second kappa shape index (κ2) is 6.95.